The van der Waals surface area contributed by atoms with Gasteiger partial charge in [0.15, 0.2) is 0 Å². The van der Waals surface area contributed by atoms with Gasteiger partial charge in [0.25, 0.3) is 5.91 Å². The minimum absolute atomic E-state index is 0.276. The maximum Gasteiger partial charge on any atom is 0.416 e. The maximum absolute atomic E-state index is 12.8. The minimum atomic E-state index is -4.43. The Morgan fingerprint density at radius 2 is 1.73 bits per heavy atom. The Morgan fingerprint density at radius 1 is 0.970 bits per heavy atom. The lowest BCUT2D eigenvalue weighted by molar-refractivity contribution is -0.137. The summed E-state index contributed by atoms with van der Waals surface area (Å²) in [6.07, 6.45) is 0.866. The highest BCUT2D eigenvalue weighted by atomic mass is 32.1. The van der Waals surface area contributed by atoms with E-state index in [1.807, 2.05) is 29.8 Å². The molecule has 0 aliphatic heterocycles. The fraction of sp³-hybridized carbons (Fsp3) is 0.0417. The van der Waals surface area contributed by atoms with Crippen LogP contribution < -0.4 is 5.32 Å². The zero-order valence-electron chi connectivity index (χ0n) is 16.9. The van der Waals surface area contributed by atoms with Gasteiger partial charge in [0.1, 0.15) is 10.5 Å². The highest BCUT2D eigenvalue weighted by Crippen LogP contribution is 2.37. The van der Waals surface area contributed by atoms with E-state index in [1.54, 1.807) is 46.4 Å². The monoisotopic (exact) mass is 464 g/mol. The summed E-state index contributed by atoms with van der Waals surface area (Å²) in [5.41, 5.74) is 3.23. The first kappa shape index (κ1) is 20.9. The molecule has 5 rings (SSSR count). The molecule has 0 saturated carbocycles. The zero-order chi connectivity index (χ0) is 23.0. The summed E-state index contributed by atoms with van der Waals surface area (Å²) >= 11 is 1.56. The van der Waals surface area contributed by atoms with Crippen LogP contribution in [0.1, 0.15) is 15.9 Å². The average molecular weight is 464 g/mol. The molecule has 0 unspecified atom stereocenters. The number of carbonyl (C=O) groups excluding carboxylic acids is 1. The van der Waals surface area contributed by atoms with Gasteiger partial charge in [0.05, 0.1) is 5.56 Å². The molecule has 0 aliphatic rings. The second-order valence-corrected chi connectivity index (χ2v) is 8.12. The first-order valence-corrected chi connectivity index (χ1v) is 10.7. The lowest BCUT2D eigenvalue weighted by atomic mass is 10.0. The van der Waals surface area contributed by atoms with Gasteiger partial charge in [0.2, 0.25) is 0 Å². The molecule has 164 valence electrons. The van der Waals surface area contributed by atoms with E-state index in [-0.39, 0.29) is 5.69 Å². The number of alkyl halides is 3. The molecule has 0 bridgehead atoms. The molecular weight excluding hydrogens is 449 g/mol. The molecule has 5 nitrogen and oxygen atoms in total. The second-order valence-electron chi connectivity index (χ2n) is 7.22. The number of benzene rings is 2. The molecule has 0 spiro atoms. The normalized spacial score (nSPS) is 11.6. The molecule has 0 radical (unpaired) electrons. The molecule has 9 heteroatoms. The molecule has 3 aromatic heterocycles. The summed E-state index contributed by atoms with van der Waals surface area (Å²) in [6, 6.07) is 15.1. The van der Waals surface area contributed by atoms with E-state index in [4.69, 9.17) is 5.10 Å². The third-order valence-electron chi connectivity index (χ3n) is 5.09. The van der Waals surface area contributed by atoms with Crippen molar-refractivity contribution < 1.29 is 18.0 Å². The summed E-state index contributed by atoms with van der Waals surface area (Å²) in [4.78, 5) is 17.8. The van der Waals surface area contributed by atoms with Crippen molar-refractivity contribution >= 4 is 27.8 Å². The van der Waals surface area contributed by atoms with Crippen LogP contribution in [0.15, 0.2) is 84.6 Å². The number of halogens is 3. The molecule has 33 heavy (non-hydrogen) atoms. The highest BCUT2D eigenvalue weighted by molar-refractivity contribution is 7.16. The van der Waals surface area contributed by atoms with Crippen LogP contribution in [-0.2, 0) is 6.18 Å². The van der Waals surface area contributed by atoms with Crippen molar-refractivity contribution in [3.05, 3.63) is 95.8 Å². The van der Waals surface area contributed by atoms with Gasteiger partial charge in [-0.3, -0.25) is 9.78 Å². The van der Waals surface area contributed by atoms with Crippen LogP contribution in [0.2, 0.25) is 0 Å². The van der Waals surface area contributed by atoms with Gasteiger partial charge in [-0.05, 0) is 54.1 Å². The van der Waals surface area contributed by atoms with E-state index >= 15 is 0 Å². The van der Waals surface area contributed by atoms with Crippen LogP contribution in [0, 0.1) is 0 Å². The Bertz CT molecular complexity index is 1440. The lowest BCUT2D eigenvalue weighted by Crippen LogP contribution is -2.12. The van der Waals surface area contributed by atoms with Crippen molar-refractivity contribution in [2.75, 3.05) is 5.32 Å². The minimum Gasteiger partial charge on any atom is -0.322 e. The molecule has 0 fully saturated rings. The Morgan fingerprint density at radius 3 is 2.45 bits per heavy atom. The number of anilines is 1. The zero-order valence-corrected chi connectivity index (χ0v) is 17.7. The van der Waals surface area contributed by atoms with E-state index in [0.29, 0.717) is 5.56 Å². The smallest absolute Gasteiger partial charge is 0.322 e. The third kappa shape index (κ3) is 4.10. The van der Waals surface area contributed by atoms with Crippen molar-refractivity contribution in [2.45, 2.75) is 6.18 Å². The fourth-order valence-corrected chi connectivity index (χ4v) is 4.37. The SMILES string of the molecule is O=C(Nc1ccc(C(F)(F)F)cc1)c1cccc(-c2nn3ccsc3c2-c2ccncc2)c1. The summed E-state index contributed by atoms with van der Waals surface area (Å²) in [6.45, 7) is 0. The van der Waals surface area contributed by atoms with Crippen LogP contribution in [0.4, 0.5) is 18.9 Å². The topological polar surface area (TPSA) is 59.3 Å². The van der Waals surface area contributed by atoms with E-state index < -0.39 is 17.6 Å². The Balaban J connectivity index is 1.47. The van der Waals surface area contributed by atoms with Crippen molar-refractivity contribution in [1.82, 2.24) is 14.6 Å². The number of amides is 1. The molecule has 2 aromatic carbocycles. The fourth-order valence-electron chi connectivity index (χ4n) is 3.52. The van der Waals surface area contributed by atoms with Gasteiger partial charge in [-0.1, -0.05) is 12.1 Å². The van der Waals surface area contributed by atoms with Crippen molar-refractivity contribution in [1.29, 1.82) is 0 Å². The van der Waals surface area contributed by atoms with Crippen LogP contribution in [-0.4, -0.2) is 20.5 Å². The number of fused-ring (bicyclic) bond motifs is 1. The van der Waals surface area contributed by atoms with Gasteiger partial charge < -0.3 is 5.32 Å². The molecule has 0 saturated heterocycles. The number of nitrogens with zero attached hydrogens (tertiary/aromatic N) is 3. The quantitative estimate of drug-likeness (QED) is 0.335. The van der Waals surface area contributed by atoms with Crippen molar-refractivity contribution in [3.8, 4) is 22.4 Å². The Kier molecular flexibility index (Phi) is 5.18. The summed E-state index contributed by atoms with van der Waals surface area (Å²) in [5.74, 6) is -0.428. The third-order valence-corrected chi connectivity index (χ3v) is 5.96. The van der Waals surface area contributed by atoms with Gasteiger partial charge >= 0.3 is 6.18 Å². The van der Waals surface area contributed by atoms with Crippen molar-refractivity contribution in [2.24, 2.45) is 0 Å². The van der Waals surface area contributed by atoms with Crippen LogP contribution >= 0.6 is 11.3 Å². The van der Waals surface area contributed by atoms with E-state index in [0.717, 1.165) is 39.3 Å². The number of thiazole rings is 1. The first-order chi connectivity index (χ1) is 15.9. The largest absolute Gasteiger partial charge is 0.416 e. The van der Waals surface area contributed by atoms with Crippen LogP contribution in [0.25, 0.3) is 27.2 Å². The van der Waals surface area contributed by atoms with Gasteiger partial charge in [-0.15, -0.1) is 11.3 Å². The van der Waals surface area contributed by atoms with Gasteiger partial charge in [0, 0.05) is 46.3 Å². The predicted octanol–water partition coefficient (Wildman–Crippen LogP) is 6.40. The maximum atomic E-state index is 12.8. The van der Waals surface area contributed by atoms with Crippen molar-refractivity contribution in [3.63, 3.8) is 0 Å². The number of aromatic nitrogens is 3. The van der Waals surface area contributed by atoms with Crippen LogP contribution in [0.5, 0.6) is 0 Å². The Hall–Kier alpha value is -3.98. The number of hydrogen-bond acceptors (Lipinski definition) is 4. The highest BCUT2D eigenvalue weighted by Gasteiger charge is 2.30. The average Bonchev–Trinajstić information content (AvgIpc) is 3.41. The molecule has 3 heterocycles. The molecular formula is C24H15F3N4OS. The number of rotatable bonds is 4. The van der Waals surface area contributed by atoms with E-state index in [2.05, 4.69) is 10.3 Å². The number of pyridine rings is 1. The van der Waals surface area contributed by atoms with Gasteiger partial charge in [-0.2, -0.15) is 18.3 Å². The number of nitrogens with one attached hydrogen (secondary N) is 1. The first-order valence-electron chi connectivity index (χ1n) is 9.85. The number of carbonyl (C=O) groups is 1. The molecule has 5 aromatic rings. The van der Waals surface area contributed by atoms with E-state index in [9.17, 15) is 18.0 Å². The van der Waals surface area contributed by atoms with Gasteiger partial charge in [-0.25, -0.2) is 4.52 Å². The molecule has 1 N–H and O–H groups in total. The second kappa shape index (κ2) is 8.18. The summed E-state index contributed by atoms with van der Waals surface area (Å²) in [5, 5.41) is 9.30. The molecule has 1 amide bonds. The van der Waals surface area contributed by atoms with E-state index in [1.165, 1.54) is 12.1 Å². The summed E-state index contributed by atoms with van der Waals surface area (Å²) < 4.78 is 40.1. The predicted molar refractivity (Wildman–Crippen MR) is 121 cm³/mol. The Labute approximate surface area is 190 Å². The number of hydrogen-bond donors (Lipinski definition) is 1. The van der Waals surface area contributed by atoms with Crippen LogP contribution in [0.3, 0.4) is 0 Å². The molecule has 0 aliphatic carbocycles. The summed E-state index contributed by atoms with van der Waals surface area (Å²) in [7, 11) is 0. The lowest BCUT2D eigenvalue weighted by Gasteiger charge is -2.10. The molecule has 0 atom stereocenters. The standard InChI is InChI=1S/C24H15F3N4OS/c25-24(26,27)18-4-6-19(7-5-18)29-22(32)17-3-1-2-16(14-17)21-20(15-8-10-28-11-9-15)23-31(30-21)12-13-33-23/h1-14H,(H,29,32).